The zero-order valence-corrected chi connectivity index (χ0v) is 19.6. The van der Waals surface area contributed by atoms with Crippen LogP contribution in [-0.4, -0.2) is 33.1 Å². The lowest BCUT2D eigenvalue weighted by Gasteiger charge is -2.04. The van der Waals surface area contributed by atoms with Crippen LogP contribution in [0.3, 0.4) is 0 Å². The second kappa shape index (κ2) is 11.1. The normalized spacial score (nSPS) is 10.5. The molecule has 0 aliphatic rings. The maximum absolute atomic E-state index is 12.3. The Morgan fingerprint density at radius 1 is 1.09 bits per heavy atom. The first kappa shape index (κ1) is 23.7. The molecule has 0 aliphatic carbocycles. The first-order chi connectivity index (χ1) is 17.0. The van der Waals surface area contributed by atoms with E-state index in [-0.39, 0.29) is 18.2 Å². The summed E-state index contributed by atoms with van der Waals surface area (Å²) in [5, 5.41) is 21.8. The minimum absolute atomic E-state index is 0.108. The number of benzene rings is 2. The molecular weight excluding hydrogens is 462 g/mol. The van der Waals surface area contributed by atoms with Crippen LogP contribution in [-0.2, 0) is 17.6 Å². The van der Waals surface area contributed by atoms with Gasteiger partial charge in [0.1, 0.15) is 17.5 Å². The van der Waals surface area contributed by atoms with Crippen LogP contribution in [0.25, 0.3) is 5.69 Å². The third-order valence-corrected chi connectivity index (χ3v) is 5.98. The van der Waals surface area contributed by atoms with Crippen molar-refractivity contribution in [1.82, 2.24) is 20.1 Å². The second-order valence-corrected chi connectivity index (χ2v) is 8.52. The van der Waals surface area contributed by atoms with Crippen molar-refractivity contribution in [3.63, 3.8) is 0 Å². The van der Waals surface area contributed by atoms with Crippen LogP contribution in [0.15, 0.2) is 66.0 Å². The predicted octanol–water partition coefficient (Wildman–Crippen LogP) is 3.33. The summed E-state index contributed by atoms with van der Waals surface area (Å²) in [6.45, 7) is 0.420. The predicted molar refractivity (Wildman–Crippen MR) is 134 cm³/mol. The van der Waals surface area contributed by atoms with Crippen molar-refractivity contribution in [2.75, 3.05) is 17.6 Å². The van der Waals surface area contributed by atoms with E-state index in [2.05, 4.69) is 26.8 Å². The number of aromatic nitrogens is 3. The van der Waals surface area contributed by atoms with Gasteiger partial charge in [-0.3, -0.25) is 14.9 Å². The number of nitrogens with one attached hydrogen (secondary N) is 2. The van der Waals surface area contributed by atoms with Gasteiger partial charge in [-0.05, 0) is 37.1 Å². The number of carbonyl (C=O) groups excluding carboxylic acids is 2. The van der Waals surface area contributed by atoms with Gasteiger partial charge in [-0.2, -0.15) is 10.4 Å². The molecule has 0 spiro atoms. The zero-order valence-electron chi connectivity index (χ0n) is 18.8. The molecule has 0 aliphatic heterocycles. The van der Waals surface area contributed by atoms with Crippen molar-refractivity contribution in [2.24, 2.45) is 0 Å². The van der Waals surface area contributed by atoms with Gasteiger partial charge in [-0.25, -0.2) is 9.67 Å². The fraction of sp³-hybridized carbons (Fsp3) is 0.160. The van der Waals surface area contributed by atoms with Gasteiger partial charge < -0.3 is 11.1 Å². The molecule has 35 heavy (non-hydrogen) atoms. The van der Waals surface area contributed by atoms with Crippen molar-refractivity contribution in [2.45, 2.75) is 19.3 Å². The van der Waals surface area contributed by atoms with Crippen molar-refractivity contribution >= 4 is 34.1 Å². The first-order valence-corrected chi connectivity index (χ1v) is 11.8. The van der Waals surface area contributed by atoms with Crippen LogP contribution >= 0.6 is 11.3 Å². The summed E-state index contributed by atoms with van der Waals surface area (Å²) in [6.07, 6.45) is 1.21. The summed E-state index contributed by atoms with van der Waals surface area (Å²) >= 11 is 1.27. The third kappa shape index (κ3) is 5.90. The molecule has 2 aromatic carbocycles. The lowest BCUT2D eigenvalue weighted by Crippen LogP contribution is -2.26. The molecule has 0 fully saturated rings. The molecule has 0 saturated carbocycles. The molecule has 2 heterocycles. The number of nitrogens with zero attached hydrogens (tertiary/aromatic N) is 4. The van der Waals surface area contributed by atoms with Crippen LogP contribution in [0.2, 0.25) is 0 Å². The van der Waals surface area contributed by atoms with Crippen LogP contribution in [0.4, 0.5) is 10.9 Å². The fourth-order valence-electron chi connectivity index (χ4n) is 3.46. The first-order valence-electron chi connectivity index (χ1n) is 11.0. The fourth-order valence-corrected chi connectivity index (χ4v) is 4.16. The van der Waals surface area contributed by atoms with E-state index >= 15 is 0 Å². The van der Waals surface area contributed by atoms with E-state index in [4.69, 9.17) is 5.73 Å². The van der Waals surface area contributed by atoms with E-state index < -0.39 is 0 Å². The Morgan fingerprint density at radius 3 is 2.51 bits per heavy atom. The van der Waals surface area contributed by atoms with Crippen LogP contribution in [0.5, 0.6) is 0 Å². The number of nitrogens with two attached hydrogens (primary N) is 1. The molecular formula is C25H23N7O2S. The van der Waals surface area contributed by atoms with Crippen molar-refractivity contribution in [1.29, 1.82) is 5.26 Å². The minimum atomic E-state index is -0.247. The van der Waals surface area contributed by atoms with E-state index in [9.17, 15) is 14.9 Å². The van der Waals surface area contributed by atoms with E-state index in [1.165, 1.54) is 11.3 Å². The number of carbonyl (C=O) groups is 2. The van der Waals surface area contributed by atoms with Gasteiger partial charge in [0, 0.05) is 17.5 Å². The molecule has 10 heteroatoms. The average Bonchev–Trinajstić information content (AvgIpc) is 3.45. The number of hydrogen-bond acceptors (Lipinski definition) is 7. The van der Waals surface area contributed by atoms with E-state index in [0.717, 1.165) is 5.69 Å². The van der Waals surface area contributed by atoms with Gasteiger partial charge in [0.2, 0.25) is 5.91 Å². The number of para-hydroxylation sites is 1. The Balaban J connectivity index is 1.25. The number of aryl methyl sites for hydroxylation is 1. The number of nitriles is 1. The van der Waals surface area contributed by atoms with Gasteiger partial charge in [0.25, 0.3) is 5.91 Å². The van der Waals surface area contributed by atoms with Crippen molar-refractivity contribution < 1.29 is 9.59 Å². The summed E-state index contributed by atoms with van der Waals surface area (Å²) in [5.41, 5.74) is 8.98. The van der Waals surface area contributed by atoms with Gasteiger partial charge in [-0.1, -0.05) is 36.4 Å². The number of thiazole rings is 1. The average molecular weight is 486 g/mol. The monoisotopic (exact) mass is 485 g/mol. The lowest BCUT2D eigenvalue weighted by atomic mass is 10.1. The molecule has 0 saturated heterocycles. The second-order valence-electron chi connectivity index (χ2n) is 7.66. The molecule has 4 aromatic rings. The van der Waals surface area contributed by atoms with Gasteiger partial charge in [0.05, 0.1) is 23.5 Å². The Kier molecular flexibility index (Phi) is 7.50. The highest BCUT2D eigenvalue weighted by atomic mass is 32.1. The SMILES string of the molecule is N#Cc1c(CCCNC(=O)Cc2csc(NC(=O)c3ccccc3)n2)nn(-c2ccccc2)c1N. The quantitative estimate of drug-likeness (QED) is 0.311. The highest BCUT2D eigenvalue weighted by Gasteiger charge is 2.16. The molecule has 9 nitrogen and oxygen atoms in total. The molecule has 2 aromatic heterocycles. The maximum atomic E-state index is 12.3. The van der Waals surface area contributed by atoms with Gasteiger partial charge >= 0.3 is 0 Å². The third-order valence-electron chi connectivity index (χ3n) is 5.17. The molecule has 0 unspecified atom stereocenters. The summed E-state index contributed by atoms with van der Waals surface area (Å²) in [7, 11) is 0. The van der Waals surface area contributed by atoms with Crippen LogP contribution in [0.1, 0.15) is 33.7 Å². The lowest BCUT2D eigenvalue weighted by molar-refractivity contribution is -0.120. The van der Waals surface area contributed by atoms with Crippen molar-refractivity contribution in [3.05, 3.63) is 88.6 Å². The molecule has 0 atom stereocenters. The zero-order chi connectivity index (χ0) is 24.6. The Bertz CT molecular complexity index is 1360. The van der Waals surface area contributed by atoms with Crippen LogP contribution in [0, 0.1) is 11.3 Å². The van der Waals surface area contributed by atoms with Crippen molar-refractivity contribution in [3.8, 4) is 11.8 Å². The largest absolute Gasteiger partial charge is 0.382 e. The number of hydrogen-bond donors (Lipinski definition) is 3. The van der Waals surface area contributed by atoms with E-state index in [0.29, 0.717) is 52.9 Å². The highest BCUT2D eigenvalue weighted by Crippen LogP contribution is 2.21. The molecule has 4 N–H and O–H groups in total. The Morgan fingerprint density at radius 2 is 1.80 bits per heavy atom. The standard InChI is InChI=1S/C25H23N7O2S/c26-15-20-21(31-32(23(20)27)19-10-5-2-6-11-19)12-7-13-28-22(33)14-18-16-35-25(29-18)30-24(34)17-8-3-1-4-9-17/h1-6,8-11,16H,7,12-14,27H2,(H,28,33)(H,29,30,34). The van der Waals surface area contributed by atoms with Gasteiger partial charge in [0.15, 0.2) is 5.13 Å². The molecule has 176 valence electrons. The highest BCUT2D eigenvalue weighted by molar-refractivity contribution is 7.14. The summed E-state index contributed by atoms with van der Waals surface area (Å²) in [5.74, 6) is -0.120. The smallest absolute Gasteiger partial charge is 0.257 e. The molecule has 4 rings (SSSR count). The summed E-state index contributed by atoms with van der Waals surface area (Å²) in [6, 6.07) is 20.4. The topological polar surface area (TPSA) is 139 Å². The number of anilines is 2. The molecule has 0 bridgehead atoms. The number of nitrogen functional groups attached to an aromatic ring is 1. The number of rotatable bonds is 9. The maximum Gasteiger partial charge on any atom is 0.257 e. The molecule has 2 amide bonds. The van der Waals surface area contributed by atoms with E-state index in [1.807, 2.05) is 36.4 Å². The minimum Gasteiger partial charge on any atom is -0.382 e. The Hall–Kier alpha value is -4.49. The number of amides is 2. The van der Waals surface area contributed by atoms with Gasteiger partial charge in [-0.15, -0.1) is 11.3 Å². The Labute approximate surface area is 206 Å². The molecule has 0 radical (unpaired) electrons. The van der Waals surface area contributed by atoms with Crippen LogP contribution < -0.4 is 16.4 Å². The summed E-state index contributed by atoms with van der Waals surface area (Å²) < 4.78 is 1.56. The summed E-state index contributed by atoms with van der Waals surface area (Å²) in [4.78, 5) is 28.9. The van der Waals surface area contributed by atoms with E-state index in [1.54, 1.807) is 34.3 Å².